The van der Waals surface area contributed by atoms with Gasteiger partial charge in [-0.25, -0.2) is 12.7 Å². The summed E-state index contributed by atoms with van der Waals surface area (Å²) in [6, 6.07) is 4.62. The normalized spacial score (nSPS) is 14.9. The molecule has 0 aliphatic carbocycles. The molecule has 0 saturated carbocycles. The third-order valence-electron chi connectivity index (χ3n) is 3.23. The largest absolute Gasteiger partial charge is 0.397 e. The van der Waals surface area contributed by atoms with Crippen LogP contribution >= 0.6 is 0 Å². The number of nitrogen functional groups attached to an aromatic ring is 1. The third-order valence-corrected chi connectivity index (χ3v) is 6.41. The van der Waals surface area contributed by atoms with E-state index in [9.17, 15) is 12.6 Å². The Morgan fingerprint density at radius 3 is 2.48 bits per heavy atom. The van der Waals surface area contributed by atoms with Crippen LogP contribution in [0.4, 0.5) is 11.4 Å². The van der Waals surface area contributed by atoms with Crippen LogP contribution in [-0.2, 0) is 20.8 Å². The zero-order valence-electron chi connectivity index (χ0n) is 12.8. The van der Waals surface area contributed by atoms with E-state index in [1.54, 1.807) is 12.3 Å². The molecule has 2 atom stereocenters. The van der Waals surface area contributed by atoms with Gasteiger partial charge < -0.3 is 11.1 Å². The first-order chi connectivity index (χ1) is 9.66. The predicted octanol–water partition coefficient (Wildman–Crippen LogP) is 1.09. The van der Waals surface area contributed by atoms with Gasteiger partial charge in [0.2, 0.25) is 10.0 Å². The second kappa shape index (κ2) is 7.24. The highest BCUT2D eigenvalue weighted by Crippen LogP contribution is 2.24. The lowest BCUT2D eigenvalue weighted by Crippen LogP contribution is -2.22. The molecule has 2 unspecified atom stereocenters. The van der Waals surface area contributed by atoms with E-state index in [2.05, 4.69) is 5.32 Å². The zero-order chi connectivity index (χ0) is 16.2. The highest BCUT2D eigenvalue weighted by atomic mass is 32.2. The molecule has 0 aromatic heterocycles. The summed E-state index contributed by atoms with van der Waals surface area (Å²) in [6.07, 6.45) is 2.43. The lowest BCUT2D eigenvalue weighted by Gasteiger charge is -2.15. The maximum absolute atomic E-state index is 12.0. The molecule has 0 spiro atoms. The summed E-state index contributed by atoms with van der Waals surface area (Å²) in [4.78, 5) is 0.165. The number of nitrogens with zero attached hydrogens (tertiary/aromatic N) is 1. The topological polar surface area (TPSA) is 92.5 Å². The van der Waals surface area contributed by atoms with E-state index >= 15 is 0 Å². The van der Waals surface area contributed by atoms with Gasteiger partial charge >= 0.3 is 0 Å². The molecule has 0 radical (unpaired) electrons. The van der Waals surface area contributed by atoms with Crippen molar-refractivity contribution in [1.29, 1.82) is 0 Å². The molecule has 0 fully saturated rings. The summed E-state index contributed by atoms with van der Waals surface area (Å²) in [7, 11) is -1.37. The van der Waals surface area contributed by atoms with Crippen molar-refractivity contribution in [3.05, 3.63) is 18.2 Å². The van der Waals surface area contributed by atoms with Gasteiger partial charge in [-0.3, -0.25) is 4.21 Å². The molecule has 0 bridgehead atoms. The second-order valence-electron chi connectivity index (χ2n) is 5.06. The molecule has 0 saturated heterocycles. The molecule has 0 aliphatic rings. The minimum atomic E-state index is -3.48. The van der Waals surface area contributed by atoms with Gasteiger partial charge in [-0.15, -0.1) is 0 Å². The van der Waals surface area contributed by atoms with Gasteiger partial charge in [-0.2, -0.15) is 0 Å². The standard InChI is InChI=1S/C13H23N3O3S2/c1-10(20(4)17)7-8-15-13-6-5-11(9-12(13)14)21(18,19)16(2)3/h5-6,9-10,15H,7-8,14H2,1-4H3. The summed E-state index contributed by atoms with van der Waals surface area (Å²) in [6.45, 7) is 2.55. The summed E-state index contributed by atoms with van der Waals surface area (Å²) in [5, 5.41) is 3.24. The fraction of sp³-hybridized carbons (Fsp3) is 0.538. The Morgan fingerprint density at radius 1 is 1.38 bits per heavy atom. The maximum Gasteiger partial charge on any atom is 0.242 e. The first-order valence-corrected chi connectivity index (χ1v) is 9.60. The van der Waals surface area contributed by atoms with Gasteiger partial charge in [-0.05, 0) is 24.6 Å². The second-order valence-corrected chi connectivity index (χ2v) is 9.01. The van der Waals surface area contributed by atoms with Crippen LogP contribution in [0.3, 0.4) is 0 Å². The third kappa shape index (κ3) is 4.69. The van der Waals surface area contributed by atoms with Crippen LogP contribution in [0.2, 0.25) is 0 Å². The SMILES string of the molecule is CC(CCNc1ccc(S(=O)(=O)N(C)C)cc1N)S(C)=O. The summed E-state index contributed by atoms with van der Waals surface area (Å²) < 4.78 is 36.4. The maximum atomic E-state index is 12.0. The molecule has 6 nitrogen and oxygen atoms in total. The molecule has 0 aliphatic heterocycles. The molecule has 1 aromatic carbocycles. The lowest BCUT2D eigenvalue weighted by molar-refractivity contribution is 0.521. The number of hydrogen-bond acceptors (Lipinski definition) is 5. The molecular weight excluding hydrogens is 310 g/mol. The summed E-state index contributed by atoms with van der Waals surface area (Å²) >= 11 is 0. The van der Waals surface area contributed by atoms with Crippen LogP contribution in [0.1, 0.15) is 13.3 Å². The molecule has 8 heteroatoms. The van der Waals surface area contributed by atoms with Crippen molar-refractivity contribution in [2.24, 2.45) is 0 Å². The highest BCUT2D eigenvalue weighted by molar-refractivity contribution is 7.89. The van der Waals surface area contributed by atoms with Crippen molar-refractivity contribution in [2.75, 3.05) is 37.9 Å². The molecule has 1 rings (SSSR count). The average molecular weight is 333 g/mol. The molecule has 0 heterocycles. The van der Waals surface area contributed by atoms with Crippen LogP contribution in [0.25, 0.3) is 0 Å². The van der Waals surface area contributed by atoms with E-state index in [-0.39, 0.29) is 10.1 Å². The monoisotopic (exact) mass is 333 g/mol. The Morgan fingerprint density at radius 2 is 2.00 bits per heavy atom. The van der Waals surface area contributed by atoms with Gasteiger partial charge in [0.05, 0.1) is 16.3 Å². The molecule has 1 aromatic rings. The quantitative estimate of drug-likeness (QED) is 0.729. The Labute approximate surface area is 129 Å². The first kappa shape index (κ1) is 17.9. The van der Waals surface area contributed by atoms with Crippen molar-refractivity contribution in [1.82, 2.24) is 4.31 Å². The minimum Gasteiger partial charge on any atom is -0.397 e. The zero-order valence-corrected chi connectivity index (χ0v) is 14.4. The van der Waals surface area contributed by atoms with Gasteiger partial charge in [0.25, 0.3) is 0 Å². The van der Waals surface area contributed by atoms with E-state index in [0.717, 1.165) is 10.7 Å². The van der Waals surface area contributed by atoms with Crippen molar-refractivity contribution >= 4 is 32.2 Å². The van der Waals surface area contributed by atoms with Gasteiger partial charge in [0.1, 0.15) is 0 Å². The molecule has 120 valence electrons. The van der Waals surface area contributed by atoms with Crippen molar-refractivity contribution in [3.8, 4) is 0 Å². The van der Waals surface area contributed by atoms with Gasteiger partial charge in [0.15, 0.2) is 0 Å². The highest BCUT2D eigenvalue weighted by Gasteiger charge is 2.18. The van der Waals surface area contributed by atoms with Crippen molar-refractivity contribution in [2.45, 2.75) is 23.5 Å². The summed E-state index contributed by atoms with van der Waals surface area (Å²) in [5.41, 5.74) is 6.95. The number of rotatable bonds is 7. The number of sulfonamides is 1. The van der Waals surface area contributed by atoms with E-state index in [1.165, 1.54) is 26.2 Å². The Hall–Kier alpha value is -1.12. The fourth-order valence-electron chi connectivity index (χ4n) is 1.65. The minimum absolute atomic E-state index is 0.104. The number of hydrogen-bond donors (Lipinski definition) is 2. The van der Waals surface area contributed by atoms with E-state index in [4.69, 9.17) is 5.73 Å². The van der Waals surface area contributed by atoms with Crippen LogP contribution in [0.15, 0.2) is 23.1 Å². The van der Waals surface area contributed by atoms with E-state index in [0.29, 0.717) is 17.9 Å². The Kier molecular flexibility index (Phi) is 6.18. The Balaban J connectivity index is 2.78. The predicted molar refractivity (Wildman–Crippen MR) is 88.4 cm³/mol. The van der Waals surface area contributed by atoms with Crippen LogP contribution in [-0.4, -0.2) is 49.1 Å². The summed E-state index contributed by atoms with van der Waals surface area (Å²) in [5.74, 6) is 0. The van der Waals surface area contributed by atoms with Crippen molar-refractivity contribution < 1.29 is 12.6 Å². The Bertz CT molecular complexity index is 615. The number of anilines is 2. The van der Waals surface area contributed by atoms with Crippen LogP contribution < -0.4 is 11.1 Å². The number of benzene rings is 1. The fourth-order valence-corrected chi connectivity index (χ4v) is 3.04. The first-order valence-electron chi connectivity index (χ1n) is 6.54. The molecule has 21 heavy (non-hydrogen) atoms. The van der Waals surface area contributed by atoms with Crippen LogP contribution in [0, 0.1) is 0 Å². The average Bonchev–Trinajstić information content (AvgIpc) is 2.39. The number of nitrogens with two attached hydrogens (primary N) is 1. The molecule has 0 amide bonds. The molecule has 3 N–H and O–H groups in total. The van der Waals surface area contributed by atoms with Gasteiger partial charge in [0, 0.05) is 42.9 Å². The lowest BCUT2D eigenvalue weighted by atomic mass is 10.2. The van der Waals surface area contributed by atoms with E-state index < -0.39 is 20.8 Å². The van der Waals surface area contributed by atoms with Crippen LogP contribution in [0.5, 0.6) is 0 Å². The molecular formula is C13H23N3O3S2. The van der Waals surface area contributed by atoms with Gasteiger partial charge in [-0.1, -0.05) is 6.92 Å². The smallest absolute Gasteiger partial charge is 0.242 e. The van der Waals surface area contributed by atoms with E-state index in [1.807, 2.05) is 6.92 Å². The van der Waals surface area contributed by atoms with Crippen molar-refractivity contribution in [3.63, 3.8) is 0 Å². The number of nitrogens with one attached hydrogen (secondary N) is 1.